The summed E-state index contributed by atoms with van der Waals surface area (Å²) in [5, 5.41) is 13.8. The molecular formula is C14H11BrOS2. The third-order valence-electron chi connectivity index (χ3n) is 3.03. The number of rotatable bonds is 2. The molecule has 2 aromatic heterocycles. The van der Waals surface area contributed by atoms with E-state index < -0.39 is 6.10 Å². The van der Waals surface area contributed by atoms with E-state index in [9.17, 15) is 5.11 Å². The van der Waals surface area contributed by atoms with E-state index in [1.165, 1.54) is 4.70 Å². The van der Waals surface area contributed by atoms with Gasteiger partial charge >= 0.3 is 0 Å². The molecule has 92 valence electrons. The first kappa shape index (κ1) is 12.4. The van der Waals surface area contributed by atoms with Crippen LogP contribution in [-0.4, -0.2) is 5.11 Å². The van der Waals surface area contributed by atoms with Crippen LogP contribution in [-0.2, 0) is 0 Å². The first-order valence-corrected chi connectivity index (χ1v) is 8.06. The molecule has 0 amide bonds. The lowest BCUT2D eigenvalue weighted by Gasteiger charge is -2.09. The lowest BCUT2D eigenvalue weighted by molar-refractivity contribution is 0.222. The van der Waals surface area contributed by atoms with Gasteiger partial charge in [-0.25, -0.2) is 0 Å². The Morgan fingerprint density at radius 2 is 2.00 bits per heavy atom. The molecule has 0 saturated carbocycles. The van der Waals surface area contributed by atoms with Gasteiger partial charge in [-0.05, 0) is 51.3 Å². The molecule has 1 nitrogen and oxygen atoms in total. The molecule has 4 heteroatoms. The number of halogens is 1. The van der Waals surface area contributed by atoms with Crippen molar-refractivity contribution in [2.24, 2.45) is 0 Å². The number of hydrogen-bond donors (Lipinski definition) is 1. The Hall–Kier alpha value is -0.680. The molecule has 0 aliphatic rings. The lowest BCUT2D eigenvalue weighted by Crippen LogP contribution is -1.98. The van der Waals surface area contributed by atoms with Crippen LogP contribution in [0.4, 0.5) is 0 Å². The van der Waals surface area contributed by atoms with Crippen LogP contribution >= 0.6 is 38.6 Å². The van der Waals surface area contributed by atoms with Crippen LogP contribution in [0.5, 0.6) is 0 Å². The Morgan fingerprint density at radius 1 is 1.22 bits per heavy atom. The number of thiophene rings is 2. The minimum Gasteiger partial charge on any atom is -0.384 e. The highest BCUT2D eigenvalue weighted by molar-refractivity contribution is 9.11. The van der Waals surface area contributed by atoms with Crippen molar-refractivity contribution < 1.29 is 5.11 Å². The highest BCUT2D eigenvalue weighted by atomic mass is 79.9. The van der Waals surface area contributed by atoms with Crippen molar-refractivity contribution in [3.63, 3.8) is 0 Å². The van der Waals surface area contributed by atoms with E-state index in [0.717, 1.165) is 25.2 Å². The zero-order valence-electron chi connectivity index (χ0n) is 9.68. The predicted octanol–water partition coefficient (Wildman–Crippen LogP) is 5.12. The number of benzene rings is 1. The van der Waals surface area contributed by atoms with Crippen molar-refractivity contribution in [2.45, 2.75) is 13.0 Å². The highest BCUT2D eigenvalue weighted by Crippen LogP contribution is 2.38. The van der Waals surface area contributed by atoms with Crippen LogP contribution in [0, 0.1) is 6.92 Å². The van der Waals surface area contributed by atoms with E-state index in [0.29, 0.717) is 0 Å². The molecule has 1 aromatic carbocycles. The number of hydrogen-bond acceptors (Lipinski definition) is 3. The van der Waals surface area contributed by atoms with E-state index in [1.54, 1.807) is 22.7 Å². The van der Waals surface area contributed by atoms with Crippen molar-refractivity contribution in [3.05, 3.63) is 55.5 Å². The maximum absolute atomic E-state index is 10.6. The Labute approximate surface area is 122 Å². The predicted molar refractivity (Wildman–Crippen MR) is 82.6 cm³/mol. The summed E-state index contributed by atoms with van der Waals surface area (Å²) in [7, 11) is 0. The summed E-state index contributed by atoms with van der Waals surface area (Å²) < 4.78 is 2.28. The summed E-state index contributed by atoms with van der Waals surface area (Å²) in [6.45, 7) is 2.04. The Bertz CT molecular complexity index is 699. The van der Waals surface area contributed by atoms with Crippen LogP contribution in [0.3, 0.4) is 0 Å². The van der Waals surface area contributed by atoms with Gasteiger partial charge in [0.15, 0.2) is 0 Å². The van der Waals surface area contributed by atoms with Gasteiger partial charge in [0.25, 0.3) is 0 Å². The number of aryl methyl sites for hydroxylation is 1. The van der Waals surface area contributed by atoms with E-state index in [2.05, 4.69) is 33.4 Å². The molecule has 1 unspecified atom stereocenters. The molecule has 0 bridgehead atoms. The Morgan fingerprint density at radius 3 is 2.72 bits per heavy atom. The minimum absolute atomic E-state index is 0.538. The fourth-order valence-electron chi connectivity index (χ4n) is 2.11. The molecule has 2 heterocycles. The third kappa shape index (κ3) is 2.03. The van der Waals surface area contributed by atoms with Gasteiger partial charge in [-0.1, -0.05) is 18.2 Å². The fraction of sp³-hybridized carbons (Fsp3) is 0.143. The zero-order valence-corrected chi connectivity index (χ0v) is 12.9. The van der Waals surface area contributed by atoms with Gasteiger partial charge in [-0.15, -0.1) is 22.7 Å². The van der Waals surface area contributed by atoms with Crippen LogP contribution in [0.2, 0.25) is 0 Å². The molecule has 0 aliphatic carbocycles. The zero-order chi connectivity index (χ0) is 12.7. The summed E-state index contributed by atoms with van der Waals surface area (Å²) in [4.78, 5) is 1.16. The summed E-state index contributed by atoms with van der Waals surface area (Å²) in [5.41, 5.74) is 2.00. The average Bonchev–Trinajstić information content (AvgIpc) is 2.92. The van der Waals surface area contributed by atoms with Gasteiger partial charge in [-0.3, -0.25) is 0 Å². The maximum atomic E-state index is 10.6. The minimum atomic E-state index is -0.538. The molecule has 0 spiro atoms. The van der Waals surface area contributed by atoms with Gasteiger partial charge < -0.3 is 5.11 Å². The Balaban J connectivity index is 2.12. The molecule has 0 fully saturated rings. The summed E-state index contributed by atoms with van der Waals surface area (Å²) in [6, 6.07) is 10.2. The van der Waals surface area contributed by atoms with Crippen molar-refractivity contribution in [3.8, 4) is 0 Å². The van der Waals surface area contributed by atoms with Gasteiger partial charge in [0.05, 0.1) is 3.79 Å². The standard InChI is InChI=1S/C14H11BrOS2/c1-8-10(6-13(15)18-8)14(16)11-7-17-12-5-3-2-4-9(11)12/h2-7,14,16H,1H3. The van der Waals surface area contributed by atoms with Crippen LogP contribution in [0.1, 0.15) is 22.1 Å². The van der Waals surface area contributed by atoms with E-state index in [-0.39, 0.29) is 0 Å². The number of aliphatic hydroxyl groups excluding tert-OH is 1. The third-order valence-corrected chi connectivity index (χ3v) is 5.58. The molecule has 0 saturated heterocycles. The quantitative estimate of drug-likeness (QED) is 0.687. The number of fused-ring (bicyclic) bond motifs is 1. The van der Waals surface area contributed by atoms with Gasteiger partial charge in [0.2, 0.25) is 0 Å². The van der Waals surface area contributed by atoms with Crippen molar-refractivity contribution >= 4 is 48.7 Å². The molecule has 18 heavy (non-hydrogen) atoms. The molecule has 3 aromatic rings. The molecule has 1 atom stereocenters. The maximum Gasteiger partial charge on any atom is 0.107 e. The van der Waals surface area contributed by atoms with Gasteiger partial charge in [0, 0.05) is 15.1 Å². The van der Waals surface area contributed by atoms with E-state index >= 15 is 0 Å². The molecule has 0 aliphatic heterocycles. The first-order valence-electron chi connectivity index (χ1n) is 5.57. The molecule has 1 N–H and O–H groups in total. The second-order valence-electron chi connectivity index (χ2n) is 4.15. The lowest BCUT2D eigenvalue weighted by atomic mass is 10.0. The Kier molecular flexibility index (Phi) is 3.28. The van der Waals surface area contributed by atoms with Crippen LogP contribution in [0.25, 0.3) is 10.1 Å². The van der Waals surface area contributed by atoms with E-state index in [4.69, 9.17) is 0 Å². The van der Waals surface area contributed by atoms with Crippen molar-refractivity contribution in [2.75, 3.05) is 0 Å². The second-order valence-corrected chi connectivity index (χ2v) is 7.70. The molecule has 0 radical (unpaired) electrons. The van der Waals surface area contributed by atoms with Crippen molar-refractivity contribution in [1.82, 2.24) is 0 Å². The normalized spacial score (nSPS) is 13.1. The summed E-state index contributed by atoms with van der Waals surface area (Å²) >= 11 is 6.82. The number of aliphatic hydroxyl groups is 1. The SMILES string of the molecule is Cc1sc(Br)cc1C(O)c1csc2ccccc12. The largest absolute Gasteiger partial charge is 0.384 e. The topological polar surface area (TPSA) is 20.2 Å². The monoisotopic (exact) mass is 338 g/mol. The summed E-state index contributed by atoms with van der Waals surface area (Å²) in [5.74, 6) is 0. The average molecular weight is 339 g/mol. The molecule has 3 rings (SSSR count). The first-order chi connectivity index (χ1) is 8.66. The highest BCUT2D eigenvalue weighted by Gasteiger charge is 2.18. The smallest absolute Gasteiger partial charge is 0.107 e. The second kappa shape index (κ2) is 4.78. The van der Waals surface area contributed by atoms with Crippen LogP contribution in [0.15, 0.2) is 39.5 Å². The van der Waals surface area contributed by atoms with Gasteiger partial charge in [-0.2, -0.15) is 0 Å². The van der Waals surface area contributed by atoms with Gasteiger partial charge in [0.1, 0.15) is 6.10 Å². The van der Waals surface area contributed by atoms with E-state index in [1.807, 2.05) is 25.1 Å². The fourth-order valence-corrected chi connectivity index (χ4v) is 4.83. The van der Waals surface area contributed by atoms with Crippen molar-refractivity contribution in [1.29, 1.82) is 0 Å². The van der Waals surface area contributed by atoms with Crippen LogP contribution < -0.4 is 0 Å². The molecular weight excluding hydrogens is 328 g/mol. The summed E-state index contributed by atoms with van der Waals surface area (Å²) in [6.07, 6.45) is -0.538.